The van der Waals surface area contributed by atoms with Gasteiger partial charge in [-0.05, 0) is 39.8 Å². The molecule has 0 N–H and O–H groups in total. The molecule has 104 valence electrons. The van der Waals surface area contributed by atoms with Crippen LogP contribution in [-0.2, 0) is 9.47 Å². The van der Waals surface area contributed by atoms with Crippen LogP contribution in [0.3, 0.4) is 0 Å². The molecule has 0 aromatic rings. The number of ether oxygens (including phenoxy) is 2. The molecule has 4 nitrogen and oxygen atoms in total. The van der Waals surface area contributed by atoms with Crippen molar-refractivity contribution in [1.82, 2.24) is 9.80 Å². The van der Waals surface area contributed by atoms with Crippen molar-refractivity contribution in [1.29, 1.82) is 0 Å². The first-order valence-corrected chi connectivity index (χ1v) is 7.36. The van der Waals surface area contributed by atoms with E-state index in [1.54, 1.807) is 0 Å². The van der Waals surface area contributed by atoms with Crippen LogP contribution in [0.2, 0.25) is 0 Å². The van der Waals surface area contributed by atoms with Crippen molar-refractivity contribution < 1.29 is 9.47 Å². The minimum atomic E-state index is 0.556. The van der Waals surface area contributed by atoms with Gasteiger partial charge in [0.2, 0.25) is 0 Å². The quantitative estimate of drug-likeness (QED) is 0.643. The van der Waals surface area contributed by atoms with Gasteiger partial charge in [0.15, 0.2) is 0 Å². The van der Waals surface area contributed by atoms with Crippen molar-refractivity contribution in [2.45, 2.75) is 50.0 Å². The standard InChI is InChI=1S/2C7H13NO/c1-8-4-7-3-2-6(8)5-9-7;1-8-4-6-2-3-7(5-8)9-6/h2*6-7H,2-5H2,1H3. The summed E-state index contributed by atoms with van der Waals surface area (Å²) in [5.41, 5.74) is 0. The minimum absolute atomic E-state index is 0.556. The maximum atomic E-state index is 5.63. The molecule has 0 aromatic heterocycles. The third-order valence-corrected chi connectivity index (χ3v) is 4.69. The highest BCUT2D eigenvalue weighted by Crippen LogP contribution is 2.25. The molecule has 4 heteroatoms. The average molecular weight is 254 g/mol. The molecular weight excluding hydrogens is 228 g/mol. The molecule has 0 aliphatic carbocycles. The molecule has 5 saturated heterocycles. The van der Waals surface area contributed by atoms with Crippen LogP contribution in [0.15, 0.2) is 0 Å². The Balaban J connectivity index is 0.000000111. The summed E-state index contributed by atoms with van der Waals surface area (Å²) in [7, 11) is 4.37. The number of fused-ring (bicyclic) bond motifs is 5. The van der Waals surface area contributed by atoms with E-state index < -0.39 is 0 Å². The van der Waals surface area contributed by atoms with E-state index in [1.165, 1.54) is 25.7 Å². The first-order chi connectivity index (χ1) is 8.70. The van der Waals surface area contributed by atoms with Crippen LogP contribution in [-0.4, -0.2) is 74.5 Å². The molecular formula is C14H26N2O2. The van der Waals surface area contributed by atoms with Gasteiger partial charge in [0.05, 0.1) is 24.9 Å². The van der Waals surface area contributed by atoms with E-state index in [0.717, 1.165) is 32.3 Å². The second-order valence-electron chi connectivity index (χ2n) is 6.30. The Bertz CT molecular complexity index is 263. The molecule has 0 spiro atoms. The van der Waals surface area contributed by atoms with E-state index >= 15 is 0 Å². The Morgan fingerprint density at radius 1 is 0.833 bits per heavy atom. The van der Waals surface area contributed by atoms with Crippen LogP contribution < -0.4 is 0 Å². The van der Waals surface area contributed by atoms with Crippen LogP contribution in [0, 0.1) is 0 Å². The number of hydrogen-bond acceptors (Lipinski definition) is 4. The van der Waals surface area contributed by atoms with Gasteiger partial charge in [0.1, 0.15) is 0 Å². The number of likely N-dealkylation sites (tertiary alicyclic amines) is 1. The summed E-state index contributed by atoms with van der Waals surface area (Å²) in [6.45, 7) is 4.43. The minimum Gasteiger partial charge on any atom is -0.375 e. The molecule has 5 fully saturated rings. The molecule has 0 saturated carbocycles. The van der Waals surface area contributed by atoms with Gasteiger partial charge in [-0.25, -0.2) is 0 Å². The zero-order valence-electron chi connectivity index (χ0n) is 11.7. The Hall–Kier alpha value is -0.160. The van der Waals surface area contributed by atoms with Gasteiger partial charge >= 0.3 is 0 Å². The maximum Gasteiger partial charge on any atom is 0.0707 e. The zero-order chi connectivity index (χ0) is 12.5. The largest absolute Gasteiger partial charge is 0.375 e. The van der Waals surface area contributed by atoms with Gasteiger partial charge in [0, 0.05) is 25.7 Å². The molecule has 0 aromatic carbocycles. The van der Waals surface area contributed by atoms with Gasteiger partial charge in [-0.3, -0.25) is 4.90 Å². The molecule has 5 heterocycles. The molecule has 5 aliphatic heterocycles. The average Bonchev–Trinajstić information content (AvgIpc) is 2.71. The molecule has 5 rings (SSSR count). The van der Waals surface area contributed by atoms with Crippen LogP contribution in [0.5, 0.6) is 0 Å². The third-order valence-electron chi connectivity index (χ3n) is 4.69. The number of nitrogens with zero attached hydrogens (tertiary/aromatic N) is 2. The van der Waals surface area contributed by atoms with E-state index in [-0.39, 0.29) is 0 Å². The molecule has 4 bridgehead atoms. The van der Waals surface area contributed by atoms with Crippen molar-refractivity contribution in [3.63, 3.8) is 0 Å². The normalized spacial score (nSPS) is 43.7. The summed E-state index contributed by atoms with van der Waals surface area (Å²) < 4.78 is 11.1. The molecule has 18 heavy (non-hydrogen) atoms. The molecule has 0 radical (unpaired) electrons. The van der Waals surface area contributed by atoms with E-state index in [1.807, 2.05) is 0 Å². The number of likely N-dealkylation sites (N-methyl/N-ethyl adjacent to an activating group) is 2. The topological polar surface area (TPSA) is 24.9 Å². The van der Waals surface area contributed by atoms with Gasteiger partial charge in [-0.1, -0.05) is 0 Å². The number of hydrogen-bond donors (Lipinski definition) is 0. The van der Waals surface area contributed by atoms with Crippen molar-refractivity contribution >= 4 is 0 Å². The zero-order valence-corrected chi connectivity index (χ0v) is 11.7. The van der Waals surface area contributed by atoms with Crippen LogP contribution in [0.25, 0.3) is 0 Å². The summed E-state index contributed by atoms with van der Waals surface area (Å²) in [6.07, 6.45) is 6.89. The monoisotopic (exact) mass is 254 g/mol. The predicted molar refractivity (Wildman–Crippen MR) is 70.8 cm³/mol. The number of rotatable bonds is 0. The highest BCUT2D eigenvalue weighted by molar-refractivity contribution is 4.85. The summed E-state index contributed by atoms with van der Waals surface area (Å²) in [6, 6.07) is 0.731. The fourth-order valence-electron chi connectivity index (χ4n) is 3.57. The lowest BCUT2D eigenvalue weighted by molar-refractivity contribution is -0.0962. The predicted octanol–water partition coefficient (Wildman–Crippen LogP) is 0.959. The molecule has 4 unspecified atom stereocenters. The lowest BCUT2D eigenvalue weighted by Gasteiger charge is -2.43. The van der Waals surface area contributed by atoms with Gasteiger partial charge in [0.25, 0.3) is 0 Å². The number of morpholine rings is 2. The van der Waals surface area contributed by atoms with Crippen LogP contribution >= 0.6 is 0 Å². The van der Waals surface area contributed by atoms with E-state index in [0.29, 0.717) is 18.3 Å². The maximum absolute atomic E-state index is 5.63. The van der Waals surface area contributed by atoms with Crippen molar-refractivity contribution in [3.8, 4) is 0 Å². The highest BCUT2D eigenvalue weighted by atomic mass is 16.5. The van der Waals surface area contributed by atoms with Gasteiger partial charge in [-0.15, -0.1) is 0 Å². The fraction of sp³-hybridized carbons (Fsp3) is 1.00. The summed E-state index contributed by atoms with van der Waals surface area (Å²) in [5, 5.41) is 0. The van der Waals surface area contributed by atoms with Crippen LogP contribution in [0.4, 0.5) is 0 Å². The Kier molecular flexibility index (Phi) is 3.89. The van der Waals surface area contributed by atoms with Gasteiger partial charge in [-0.2, -0.15) is 0 Å². The Morgan fingerprint density at radius 2 is 1.50 bits per heavy atom. The van der Waals surface area contributed by atoms with Gasteiger partial charge < -0.3 is 14.4 Å². The third kappa shape index (κ3) is 2.87. The van der Waals surface area contributed by atoms with Crippen molar-refractivity contribution in [2.75, 3.05) is 40.3 Å². The molecule has 5 aliphatic rings. The summed E-state index contributed by atoms with van der Waals surface area (Å²) in [4.78, 5) is 4.78. The van der Waals surface area contributed by atoms with Crippen molar-refractivity contribution in [3.05, 3.63) is 0 Å². The number of piperidine rings is 1. The van der Waals surface area contributed by atoms with Crippen LogP contribution in [0.1, 0.15) is 25.7 Å². The molecule has 0 amide bonds. The Morgan fingerprint density at radius 3 is 1.89 bits per heavy atom. The lowest BCUT2D eigenvalue weighted by Crippen LogP contribution is -2.52. The lowest BCUT2D eigenvalue weighted by atomic mass is 9.98. The smallest absolute Gasteiger partial charge is 0.0707 e. The summed E-state index contributed by atoms with van der Waals surface area (Å²) in [5.74, 6) is 0. The van der Waals surface area contributed by atoms with E-state index in [9.17, 15) is 0 Å². The summed E-state index contributed by atoms with van der Waals surface area (Å²) >= 11 is 0. The second kappa shape index (κ2) is 5.45. The first kappa shape index (κ1) is 12.9. The first-order valence-electron chi connectivity index (χ1n) is 7.36. The second-order valence-corrected chi connectivity index (χ2v) is 6.30. The SMILES string of the molecule is CN1CC2CCC(C1)O2.CN1CC2CCC1CO2. The van der Waals surface area contributed by atoms with E-state index in [2.05, 4.69) is 23.9 Å². The van der Waals surface area contributed by atoms with E-state index in [4.69, 9.17) is 9.47 Å². The fourth-order valence-corrected chi connectivity index (χ4v) is 3.57. The Labute approximate surface area is 110 Å². The highest BCUT2D eigenvalue weighted by Gasteiger charge is 2.32. The van der Waals surface area contributed by atoms with Crippen molar-refractivity contribution in [2.24, 2.45) is 0 Å². The molecule has 4 atom stereocenters.